The first-order valence-electron chi connectivity index (χ1n) is 8.78. The van der Waals surface area contributed by atoms with Crippen molar-refractivity contribution in [3.63, 3.8) is 0 Å². The Morgan fingerprint density at radius 2 is 1.91 bits per heavy atom. The summed E-state index contributed by atoms with van der Waals surface area (Å²) in [5.41, 5.74) is 0.616. The van der Waals surface area contributed by atoms with Gasteiger partial charge < -0.3 is 9.64 Å². The van der Waals surface area contributed by atoms with Crippen LogP contribution in [0.4, 0.5) is 0 Å². The Morgan fingerprint density at radius 3 is 2.52 bits per heavy atom. The monoisotopic (exact) mass is 339 g/mol. The fourth-order valence-electron chi connectivity index (χ4n) is 2.61. The van der Waals surface area contributed by atoms with Gasteiger partial charge >= 0.3 is 0 Å². The lowest BCUT2D eigenvalue weighted by Gasteiger charge is -2.25. The third-order valence-electron chi connectivity index (χ3n) is 4.08. The van der Waals surface area contributed by atoms with Gasteiger partial charge in [-0.2, -0.15) is 0 Å². The van der Waals surface area contributed by atoms with E-state index in [4.69, 9.17) is 4.74 Å². The number of rotatable bonds is 9. The average Bonchev–Trinajstić information content (AvgIpc) is 3.04. The van der Waals surface area contributed by atoms with Crippen molar-refractivity contribution in [3.05, 3.63) is 16.1 Å². The highest BCUT2D eigenvalue weighted by atomic mass is 32.1. The van der Waals surface area contributed by atoms with Crippen LogP contribution in [-0.4, -0.2) is 60.1 Å². The number of morpholine rings is 1. The lowest BCUT2D eigenvalue weighted by molar-refractivity contribution is 0.0341. The largest absolute Gasteiger partial charge is 0.379 e. The highest BCUT2D eigenvalue weighted by molar-refractivity contribution is 7.09. The normalized spacial score (nSPS) is 15.7. The smallest absolute Gasteiger partial charge is 0.273 e. The molecule has 1 aromatic rings. The summed E-state index contributed by atoms with van der Waals surface area (Å²) < 4.78 is 5.37. The fourth-order valence-corrected chi connectivity index (χ4v) is 3.42. The zero-order valence-electron chi connectivity index (χ0n) is 14.4. The minimum absolute atomic E-state index is 0.0939. The SMILES string of the molecule is CCCCN(CCCC)C(=O)c1csc(CN2CCOCC2)n1. The van der Waals surface area contributed by atoms with Gasteiger partial charge in [-0.25, -0.2) is 4.98 Å². The van der Waals surface area contributed by atoms with Crippen molar-refractivity contribution in [1.82, 2.24) is 14.8 Å². The van der Waals surface area contributed by atoms with Crippen molar-refractivity contribution in [2.75, 3.05) is 39.4 Å². The van der Waals surface area contributed by atoms with Crippen LogP contribution in [0.3, 0.4) is 0 Å². The molecule has 1 saturated heterocycles. The van der Waals surface area contributed by atoms with Crippen LogP contribution in [0.25, 0.3) is 0 Å². The standard InChI is InChI=1S/C17H29N3O2S/c1-3-5-7-20(8-6-4-2)17(21)15-14-23-16(18-15)13-19-9-11-22-12-10-19/h14H,3-13H2,1-2H3. The maximum Gasteiger partial charge on any atom is 0.273 e. The van der Waals surface area contributed by atoms with Crippen LogP contribution in [-0.2, 0) is 11.3 Å². The molecule has 2 heterocycles. The molecule has 0 saturated carbocycles. The number of unbranched alkanes of at least 4 members (excludes halogenated alkanes) is 2. The Bertz CT molecular complexity index is 464. The molecule has 5 nitrogen and oxygen atoms in total. The van der Waals surface area contributed by atoms with E-state index in [-0.39, 0.29) is 5.91 Å². The van der Waals surface area contributed by atoms with Gasteiger partial charge in [-0.05, 0) is 12.8 Å². The van der Waals surface area contributed by atoms with E-state index in [1.807, 2.05) is 10.3 Å². The molecule has 0 bridgehead atoms. The molecule has 1 aromatic heterocycles. The molecule has 1 aliphatic rings. The van der Waals surface area contributed by atoms with Crippen LogP contribution in [0.1, 0.15) is 55.0 Å². The number of carbonyl (C=O) groups excluding carboxylic acids is 1. The second-order valence-corrected chi connectivity index (χ2v) is 6.96. The summed E-state index contributed by atoms with van der Waals surface area (Å²) >= 11 is 1.60. The van der Waals surface area contributed by atoms with Gasteiger partial charge in [-0.3, -0.25) is 9.69 Å². The number of carbonyl (C=O) groups is 1. The van der Waals surface area contributed by atoms with Crippen LogP contribution >= 0.6 is 11.3 Å². The Labute approximate surface area is 143 Å². The van der Waals surface area contributed by atoms with Gasteiger partial charge in [-0.15, -0.1) is 11.3 Å². The summed E-state index contributed by atoms with van der Waals surface area (Å²) in [5.74, 6) is 0.0939. The van der Waals surface area contributed by atoms with Gasteiger partial charge in [0, 0.05) is 31.6 Å². The van der Waals surface area contributed by atoms with E-state index in [2.05, 4.69) is 23.7 Å². The van der Waals surface area contributed by atoms with Crippen molar-refractivity contribution in [1.29, 1.82) is 0 Å². The molecule has 0 atom stereocenters. The predicted octanol–water partition coefficient (Wildman–Crippen LogP) is 3.02. The molecule has 6 heteroatoms. The molecule has 1 aliphatic heterocycles. The number of hydrogen-bond donors (Lipinski definition) is 0. The summed E-state index contributed by atoms with van der Waals surface area (Å²) in [6.07, 6.45) is 4.32. The molecule has 23 heavy (non-hydrogen) atoms. The molecule has 0 unspecified atom stereocenters. The molecular formula is C17H29N3O2S. The van der Waals surface area contributed by atoms with E-state index < -0.39 is 0 Å². The molecule has 0 radical (unpaired) electrons. The Kier molecular flexibility index (Phi) is 7.99. The average molecular weight is 340 g/mol. The van der Waals surface area contributed by atoms with Crippen molar-refractivity contribution in [2.24, 2.45) is 0 Å². The summed E-state index contributed by atoms with van der Waals surface area (Å²) in [5, 5.41) is 2.95. The zero-order valence-corrected chi connectivity index (χ0v) is 15.2. The number of thiazole rings is 1. The maximum atomic E-state index is 12.7. The second kappa shape index (κ2) is 10.0. The number of aromatic nitrogens is 1. The van der Waals surface area contributed by atoms with Gasteiger partial charge in [0.05, 0.1) is 19.8 Å². The maximum absolute atomic E-state index is 12.7. The third kappa shape index (κ3) is 5.86. The van der Waals surface area contributed by atoms with E-state index in [0.717, 1.165) is 76.6 Å². The molecule has 0 N–H and O–H groups in total. The van der Waals surface area contributed by atoms with Gasteiger partial charge in [0.1, 0.15) is 10.7 Å². The van der Waals surface area contributed by atoms with Crippen molar-refractivity contribution in [2.45, 2.75) is 46.1 Å². The van der Waals surface area contributed by atoms with E-state index in [9.17, 15) is 4.79 Å². The zero-order chi connectivity index (χ0) is 16.5. The van der Waals surface area contributed by atoms with E-state index >= 15 is 0 Å². The third-order valence-corrected chi connectivity index (χ3v) is 4.92. The summed E-state index contributed by atoms with van der Waals surface area (Å²) in [6, 6.07) is 0. The van der Waals surface area contributed by atoms with Crippen LogP contribution < -0.4 is 0 Å². The Balaban J connectivity index is 1.93. The minimum atomic E-state index is 0.0939. The highest BCUT2D eigenvalue weighted by Crippen LogP contribution is 2.15. The van der Waals surface area contributed by atoms with Crippen LogP contribution in [0.15, 0.2) is 5.38 Å². The quantitative estimate of drug-likeness (QED) is 0.694. The molecule has 1 amide bonds. The number of ether oxygens (including phenoxy) is 1. The van der Waals surface area contributed by atoms with Crippen molar-refractivity contribution < 1.29 is 9.53 Å². The molecule has 1 fully saturated rings. The molecule has 0 aromatic carbocycles. The van der Waals surface area contributed by atoms with Gasteiger partial charge in [0.2, 0.25) is 0 Å². The molecule has 130 valence electrons. The highest BCUT2D eigenvalue weighted by Gasteiger charge is 2.19. The first kappa shape index (κ1) is 18.4. The van der Waals surface area contributed by atoms with Gasteiger partial charge in [-0.1, -0.05) is 26.7 Å². The van der Waals surface area contributed by atoms with Gasteiger partial charge in [0.15, 0.2) is 0 Å². The lowest BCUT2D eigenvalue weighted by Crippen LogP contribution is -2.35. The summed E-state index contributed by atoms with van der Waals surface area (Å²) in [7, 11) is 0. The first-order valence-corrected chi connectivity index (χ1v) is 9.66. The van der Waals surface area contributed by atoms with E-state index in [0.29, 0.717) is 5.69 Å². The van der Waals surface area contributed by atoms with Crippen molar-refractivity contribution >= 4 is 17.2 Å². The van der Waals surface area contributed by atoms with Crippen molar-refractivity contribution in [3.8, 4) is 0 Å². The number of amides is 1. The molecule has 0 spiro atoms. The summed E-state index contributed by atoms with van der Waals surface area (Å²) in [6.45, 7) is 10.3. The Morgan fingerprint density at radius 1 is 1.26 bits per heavy atom. The first-order chi connectivity index (χ1) is 11.2. The van der Waals surface area contributed by atoms with Crippen LogP contribution in [0, 0.1) is 0 Å². The number of nitrogens with zero attached hydrogens (tertiary/aromatic N) is 3. The molecule has 0 aliphatic carbocycles. The van der Waals surface area contributed by atoms with Crippen LogP contribution in [0.2, 0.25) is 0 Å². The fraction of sp³-hybridized carbons (Fsp3) is 0.765. The number of hydrogen-bond acceptors (Lipinski definition) is 5. The van der Waals surface area contributed by atoms with E-state index in [1.165, 1.54) is 0 Å². The van der Waals surface area contributed by atoms with Crippen LogP contribution in [0.5, 0.6) is 0 Å². The molecule has 2 rings (SSSR count). The van der Waals surface area contributed by atoms with E-state index in [1.54, 1.807) is 11.3 Å². The summed E-state index contributed by atoms with van der Waals surface area (Å²) in [4.78, 5) is 21.6. The minimum Gasteiger partial charge on any atom is -0.379 e. The lowest BCUT2D eigenvalue weighted by atomic mass is 10.2. The molecular weight excluding hydrogens is 310 g/mol. The van der Waals surface area contributed by atoms with Gasteiger partial charge in [0.25, 0.3) is 5.91 Å². The predicted molar refractivity (Wildman–Crippen MR) is 93.9 cm³/mol. The second-order valence-electron chi connectivity index (χ2n) is 6.01. The topological polar surface area (TPSA) is 45.7 Å². The Hall–Kier alpha value is -0.980.